The quantitative estimate of drug-likeness (QED) is 0.616. The molecule has 0 aromatic heterocycles. The number of esters is 1. The molecule has 124 valence electrons. The molecule has 0 heterocycles. The summed E-state index contributed by atoms with van der Waals surface area (Å²) < 4.78 is 23.2. The first kappa shape index (κ1) is 18.3. The molecule has 0 bridgehead atoms. The van der Waals surface area contributed by atoms with Crippen LogP contribution in [0.4, 0.5) is 9.18 Å². The van der Waals surface area contributed by atoms with E-state index in [1.54, 1.807) is 37.3 Å². The molecule has 7 heteroatoms. The number of hydrogen-bond donors (Lipinski definition) is 1. The van der Waals surface area contributed by atoms with Gasteiger partial charge in [-0.15, -0.1) is 0 Å². The third-order valence-corrected chi connectivity index (χ3v) is 2.77. The van der Waals surface area contributed by atoms with Crippen LogP contribution in [0.1, 0.15) is 25.3 Å². The van der Waals surface area contributed by atoms with Gasteiger partial charge in [-0.2, -0.15) is 0 Å². The van der Waals surface area contributed by atoms with Crippen LogP contribution in [0.15, 0.2) is 41.9 Å². The first-order valence-electron chi connectivity index (χ1n) is 6.98. The van der Waals surface area contributed by atoms with E-state index in [1.165, 1.54) is 0 Å². The topological polar surface area (TPSA) is 81.7 Å². The molecule has 23 heavy (non-hydrogen) atoms. The number of carbonyl (C=O) groups is 3. The fourth-order valence-corrected chi connectivity index (χ4v) is 1.64. The minimum absolute atomic E-state index is 0.0638. The van der Waals surface area contributed by atoms with Crippen molar-refractivity contribution in [3.8, 4) is 0 Å². The molecule has 0 radical (unpaired) electrons. The van der Waals surface area contributed by atoms with E-state index in [-0.39, 0.29) is 13.0 Å². The molecule has 0 aliphatic heterocycles. The summed E-state index contributed by atoms with van der Waals surface area (Å²) in [5, 5.41) is 1.93. The van der Waals surface area contributed by atoms with E-state index in [0.717, 1.165) is 7.11 Å². The lowest BCUT2D eigenvalue weighted by atomic mass is 10.2. The van der Waals surface area contributed by atoms with Crippen molar-refractivity contribution in [3.63, 3.8) is 0 Å². The van der Waals surface area contributed by atoms with E-state index in [1.807, 2.05) is 5.32 Å². The van der Waals surface area contributed by atoms with E-state index in [9.17, 15) is 18.8 Å². The summed E-state index contributed by atoms with van der Waals surface area (Å²) >= 11 is 0. The summed E-state index contributed by atoms with van der Waals surface area (Å²) in [7, 11) is 1.01. The van der Waals surface area contributed by atoms with Crippen LogP contribution < -0.4 is 5.32 Å². The highest BCUT2D eigenvalue weighted by Crippen LogP contribution is 2.11. The molecule has 6 nitrogen and oxygen atoms in total. The van der Waals surface area contributed by atoms with Crippen molar-refractivity contribution in [2.45, 2.75) is 26.4 Å². The summed E-state index contributed by atoms with van der Waals surface area (Å²) in [6.45, 7) is 1.62. The predicted molar refractivity (Wildman–Crippen MR) is 79.8 cm³/mol. The number of ketones is 1. The van der Waals surface area contributed by atoms with Crippen LogP contribution in [-0.4, -0.2) is 25.0 Å². The van der Waals surface area contributed by atoms with Crippen LogP contribution in [-0.2, 0) is 25.7 Å². The Morgan fingerprint density at radius 3 is 2.39 bits per heavy atom. The molecular weight excluding hydrogens is 305 g/mol. The van der Waals surface area contributed by atoms with Crippen LogP contribution in [0.5, 0.6) is 0 Å². The van der Waals surface area contributed by atoms with Gasteiger partial charge in [0.1, 0.15) is 6.61 Å². The zero-order chi connectivity index (χ0) is 17.2. The standard InChI is InChI=1S/C16H18FNO5/c1-3-7-12(19)13(17)14(15(20)22-2)18-16(21)23-10-11-8-5-4-6-9-11/h4-6,8-9H,3,7,10H2,1-2H3,(H,18,21)/b14-13-. The lowest BCUT2D eigenvalue weighted by Crippen LogP contribution is -2.30. The number of ether oxygens (including phenoxy) is 2. The summed E-state index contributed by atoms with van der Waals surface area (Å²) in [6, 6.07) is 8.79. The van der Waals surface area contributed by atoms with E-state index in [4.69, 9.17) is 4.74 Å². The maximum absolute atomic E-state index is 14.0. The van der Waals surface area contributed by atoms with Crippen LogP contribution in [0.25, 0.3) is 0 Å². The normalized spacial score (nSPS) is 11.3. The molecule has 0 spiro atoms. The van der Waals surface area contributed by atoms with Gasteiger partial charge in [0.25, 0.3) is 0 Å². The summed E-state index contributed by atoms with van der Waals surface area (Å²) in [5.74, 6) is -3.41. The number of Topliss-reactive ketones (excluding diaryl/α,β-unsaturated/α-hetero) is 1. The Morgan fingerprint density at radius 2 is 1.83 bits per heavy atom. The van der Waals surface area contributed by atoms with Crippen molar-refractivity contribution in [1.82, 2.24) is 5.32 Å². The number of carbonyl (C=O) groups excluding carboxylic acids is 3. The lowest BCUT2D eigenvalue weighted by Gasteiger charge is -2.10. The van der Waals surface area contributed by atoms with Gasteiger partial charge in [-0.1, -0.05) is 37.3 Å². The molecule has 1 aromatic carbocycles. The van der Waals surface area contributed by atoms with Crippen molar-refractivity contribution < 1.29 is 28.2 Å². The minimum Gasteiger partial charge on any atom is -0.464 e. The van der Waals surface area contributed by atoms with E-state index in [2.05, 4.69) is 4.74 Å². The maximum atomic E-state index is 14.0. The van der Waals surface area contributed by atoms with E-state index >= 15 is 0 Å². The molecular formula is C16H18FNO5. The zero-order valence-electron chi connectivity index (χ0n) is 12.9. The summed E-state index contributed by atoms with van der Waals surface area (Å²) in [5.41, 5.74) is -0.141. The Bertz CT molecular complexity index is 598. The van der Waals surface area contributed by atoms with E-state index in [0.29, 0.717) is 12.0 Å². The van der Waals surface area contributed by atoms with E-state index < -0.39 is 29.4 Å². The van der Waals surface area contributed by atoms with Crippen molar-refractivity contribution in [1.29, 1.82) is 0 Å². The van der Waals surface area contributed by atoms with Gasteiger partial charge in [0.2, 0.25) is 0 Å². The molecule has 0 aliphatic rings. The number of nitrogens with one attached hydrogen (secondary N) is 1. The fourth-order valence-electron chi connectivity index (χ4n) is 1.64. The lowest BCUT2D eigenvalue weighted by molar-refractivity contribution is -0.137. The number of methoxy groups -OCH3 is 1. The second-order valence-corrected chi connectivity index (χ2v) is 4.54. The monoisotopic (exact) mass is 323 g/mol. The van der Waals surface area contributed by atoms with Crippen LogP contribution in [0.2, 0.25) is 0 Å². The second-order valence-electron chi connectivity index (χ2n) is 4.54. The molecule has 1 N–H and O–H groups in total. The molecule has 0 saturated heterocycles. The third-order valence-electron chi connectivity index (χ3n) is 2.77. The molecule has 1 amide bonds. The smallest absolute Gasteiger partial charge is 0.412 e. The van der Waals surface area contributed by atoms with Crippen molar-refractivity contribution in [2.75, 3.05) is 7.11 Å². The number of alkyl carbamates (subject to hydrolysis) is 1. The minimum atomic E-state index is -1.35. The highest BCUT2D eigenvalue weighted by Gasteiger charge is 2.24. The molecule has 0 atom stereocenters. The van der Waals surface area contributed by atoms with Crippen LogP contribution in [0, 0.1) is 0 Å². The zero-order valence-corrected chi connectivity index (χ0v) is 12.9. The Balaban J connectivity index is 2.77. The molecule has 0 saturated carbocycles. The summed E-state index contributed by atoms with van der Waals surface area (Å²) in [6.07, 6.45) is -0.750. The van der Waals surface area contributed by atoms with Crippen molar-refractivity contribution in [2.24, 2.45) is 0 Å². The second kappa shape index (κ2) is 9.34. The number of halogens is 1. The van der Waals surface area contributed by atoms with Gasteiger partial charge >= 0.3 is 12.1 Å². The number of rotatable bonds is 7. The highest BCUT2D eigenvalue weighted by molar-refractivity contribution is 6.03. The average Bonchev–Trinajstić information content (AvgIpc) is 2.57. The number of hydrogen-bond acceptors (Lipinski definition) is 5. The van der Waals surface area contributed by atoms with Gasteiger partial charge in [0.15, 0.2) is 17.3 Å². The third kappa shape index (κ3) is 5.90. The van der Waals surface area contributed by atoms with Gasteiger partial charge < -0.3 is 9.47 Å². The van der Waals surface area contributed by atoms with Gasteiger partial charge in [-0.25, -0.2) is 14.0 Å². The SMILES string of the molecule is CCCC(=O)/C(F)=C(/NC(=O)OCc1ccccc1)C(=O)OC. The molecule has 0 unspecified atom stereocenters. The molecule has 0 fully saturated rings. The average molecular weight is 323 g/mol. The molecule has 0 aliphatic carbocycles. The van der Waals surface area contributed by atoms with Crippen molar-refractivity contribution >= 4 is 17.8 Å². The number of benzene rings is 1. The Morgan fingerprint density at radius 1 is 1.17 bits per heavy atom. The predicted octanol–water partition coefficient (Wildman–Crippen LogP) is 2.64. The number of amides is 1. The van der Waals surface area contributed by atoms with Crippen LogP contribution >= 0.6 is 0 Å². The van der Waals surface area contributed by atoms with Gasteiger partial charge in [0.05, 0.1) is 7.11 Å². The first-order valence-corrected chi connectivity index (χ1v) is 6.98. The first-order chi connectivity index (χ1) is 11.0. The Labute approximate surface area is 133 Å². The molecule has 1 rings (SSSR count). The van der Waals surface area contributed by atoms with Gasteiger partial charge in [-0.05, 0) is 12.0 Å². The fraction of sp³-hybridized carbons (Fsp3) is 0.312. The highest BCUT2D eigenvalue weighted by atomic mass is 19.1. The maximum Gasteiger partial charge on any atom is 0.412 e. The molecule has 1 aromatic rings. The van der Waals surface area contributed by atoms with Crippen molar-refractivity contribution in [3.05, 3.63) is 47.4 Å². The van der Waals surface area contributed by atoms with Gasteiger partial charge in [-0.3, -0.25) is 10.1 Å². The van der Waals surface area contributed by atoms with Gasteiger partial charge in [0, 0.05) is 6.42 Å². The Kier molecular flexibility index (Phi) is 7.45. The summed E-state index contributed by atoms with van der Waals surface area (Å²) in [4.78, 5) is 34.7. The Hall–Kier alpha value is -2.70. The van der Waals surface area contributed by atoms with Crippen LogP contribution in [0.3, 0.4) is 0 Å². The number of allylic oxidation sites excluding steroid dienone is 1. The largest absolute Gasteiger partial charge is 0.464 e.